The minimum absolute atomic E-state index is 0. The third-order valence-corrected chi connectivity index (χ3v) is 2.86. The van der Waals surface area contributed by atoms with Gasteiger partial charge in [-0.3, -0.25) is 4.79 Å². The Morgan fingerprint density at radius 3 is 2.73 bits per heavy atom. The van der Waals surface area contributed by atoms with E-state index in [4.69, 9.17) is 10.5 Å². The fourth-order valence-corrected chi connectivity index (χ4v) is 1.87. The maximum absolute atomic E-state index is 11.8. The van der Waals surface area contributed by atoms with Gasteiger partial charge in [0.2, 0.25) is 0 Å². The van der Waals surface area contributed by atoms with Crippen LogP contribution in [0.1, 0.15) is 19.8 Å². The molecule has 1 amide bonds. The standard InChI is InChI=1S/C10H20N2O2.ClH/c1-3-9(14-2)10(13)12-5-4-8(6-11)7-12;/h8-9H,3-7,11H2,1-2H3;1H. The molecule has 4 nitrogen and oxygen atoms in total. The maximum atomic E-state index is 11.8. The van der Waals surface area contributed by atoms with Crippen molar-refractivity contribution in [3.8, 4) is 0 Å². The summed E-state index contributed by atoms with van der Waals surface area (Å²) in [7, 11) is 1.59. The summed E-state index contributed by atoms with van der Waals surface area (Å²) in [6.07, 6.45) is 1.49. The van der Waals surface area contributed by atoms with Gasteiger partial charge in [0.1, 0.15) is 6.10 Å². The van der Waals surface area contributed by atoms with Crippen LogP contribution in [-0.4, -0.2) is 43.7 Å². The van der Waals surface area contributed by atoms with Gasteiger partial charge in [-0.1, -0.05) is 6.92 Å². The lowest BCUT2D eigenvalue weighted by Crippen LogP contribution is -2.38. The molecule has 0 aromatic rings. The Labute approximate surface area is 97.5 Å². The van der Waals surface area contributed by atoms with Crippen molar-refractivity contribution < 1.29 is 9.53 Å². The number of hydrogen-bond acceptors (Lipinski definition) is 3. The molecule has 5 heteroatoms. The van der Waals surface area contributed by atoms with Crippen molar-refractivity contribution in [3.05, 3.63) is 0 Å². The molecule has 1 aliphatic rings. The molecule has 0 radical (unpaired) electrons. The van der Waals surface area contributed by atoms with Crippen molar-refractivity contribution in [2.45, 2.75) is 25.9 Å². The summed E-state index contributed by atoms with van der Waals surface area (Å²) >= 11 is 0. The highest BCUT2D eigenvalue weighted by atomic mass is 35.5. The van der Waals surface area contributed by atoms with Crippen LogP contribution in [0.25, 0.3) is 0 Å². The molecule has 0 bridgehead atoms. The van der Waals surface area contributed by atoms with Gasteiger partial charge >= 0.3 is 0 Å². The lowest BCUT2D eigenvalue weighted by molar-refractivity contribution is -0.141. The number of nitrogens with zero attached hydrogens (tertiary/aromatic N) is 1. The molecular weight excluding hydrogens is 216 g/mol. The van der Waals surface area contributed by atoms with Crippen molar-refractivity contribution >= 4 is 18.3 Å². The number of methoxy groups -OCH3 is 1. The first-order valence-electron chi connectivity index (χ1n) is 5.24. The minimum Gasteiger partial charge on any atom is -0.372 e. The van der Waals surface area contributed by atoms with Crippen molar-refractivity contribution in [2.75, 3.05) is 26.7 Å². The SMILES string of the molecule is CCC(OC)C(=O)N1CCC(CN)C1.Cl. The summed E-state index contributed by atoms with van der Waals surface area (Å²) in [5, 5.41) is 0. The molecule has 2 atom stereocenters. The second-order valence-corrected chi connectivity index (χ2v) is 3.81. The molecule has 2 N–H and O–H groups in total. The first kappa shape index (κ1) is 14.7. The molecule has 1 saturated heterocycles. The zero-order valence-electron chi connectivity index (χ0n) is 9.44. The van der Waals surface area contributed by atoms with Gasteiger partial charge in [-0.05, 0) is 25.3 Å². The average molecular weight is 237 g/mol. The summed E-state index contributed by atoms with van der Waals surface area (Å²) in [6, 6.07) is 0. The summed E-state index contributed by atoms with van der Waals surface area (Å²) in [6.45, 7) is 4.27. The Balaban J connectivity index is 0.00000196. The zero-order chi connectivity index (χ0) is 10.6. The second-order valence-electron chi connectivity index (χ2n) is 3.81. The van der Waals surface area contributed by atoms with Crippen molar-refractivity contribution in [1.29, 1.82) is 0 Å². The summed E-state index contributed by atoms with van der Waals surface area (Å²) in [5.41, 5.74) is 5.57. The van der Waals surface area contributed by atoms with Gasteiger partial charge < -0.3 is 15.4 Å². The molecule has 0 spiro atoms. The van der Waals surface area contributed by atoms with Gasteiger partial charge in [0.25, 0.3) is 5.91 Å². The van der Waals surface area contributed by atoms with Gasteiger partial charge in [0, 0.05) is 20.2 Å². The number of nitrogens with two attached hydrogens (primary N) is 1. The third kappa shape index (κ3) is 3.63. The summed E-state index contributed by atoms with van der Waals surface area (Å²) in [5.74, 6) is 0.597. The fraction of sp³-hybridized carbons (Fsp3) is 0.900. The lowest BCUT2D eigenvalue weighted by atomic mass is 10.1. The molecule has 0 aromatic heterocycles. The molecule has 90 valence electrons. The average Bonchev–Trinajstić information content (AvgIpc) is 2.67. The number of hydrogen-bond donors (Lipinski definition) is 1. The van der Waals surface area contributed by atoms with Gasteiger partial charge in [0.05, 0.1) is 0 Å². The normalized spacial score (nSPS) is 22.3. The van der Waals surface area contributed by atoms with Gasteiger partial charge in [-0.15, -0.1) is 12.4 Å². The molecule has 1 rings (SSSR count). The lowest BCUT2D eigenvalue weighted by Gasteiger charge is -2.21. The Morgan fingerprint density at radius 1 is 1.67 bits per heavy atom. The molecule has 2 unspecified atom stereocenters. The summed E-state index contributed by atoms with van der Waals surface area (Å²) in [4.78, 5) is 13.7. The van der Waals surface area contributed by atoms with Gasteiger partial charge in [-0.25, -0.2) is 0 Å². The molecular formula is C10H21ClN2O2. The Bertz CT molecular complexity index is 198. The summed E-state index contributed by atoms with van der Waals surface area (Å²) < 4.78 is 5.12. The first-order chi connectivity index (χ1) is 6.72. The Morgan fingerprint density at radius 2 is 2.33 bits per heavy atom. The van der Waals surface area contributed by atoms with E-state index in [-0.39, 0.29) is 24.4 Å². The van der Waals surface area contributed by atoms with E-state index in [1.165, 1.54) is 0 Å². The number of halogens is 1. The first-order valence-corrected chi connectivity index (χ1v) is 5.24. The Hall–Kier alpha value is -0.320. The number of likely N-dealkylation sites (tertiary alicyclic amines) is 1. The highest BCUT2D eigenvalue weighted by Crippen LogP contribution is 2.16. The quantitative estimate of drug-likeness (QED) is 0.780. The highest BCUT2D eigenvalue weighted by molar-refractivity contribution is 5.85. The third-order valence-electron chi connectivity index (χ3n) is 2.86. The van der Waals surface area contributed by atoms with Crippen LogP contribution in [0.2, 0.25) is 0 Å². The van der Waals surface area contributed by atoms with E-state index < -0.39 is 0 Å². The number of carbonyl (C=O) groups is 1. The smallest absolute Gasteiger partial charge is 0.251 e. The van der Waals surface area contributed by atoms with E-state index in [1.54, 1.807) is 7.11 Å². The number of carbonyl (C=O) groups excluding carboxylic acids is 1. The van der Waals surface area contributed by atoms with Crippen LogP contribution >= 0.6 is 12.4 Å². The van der Waals surface area contributed by atoms with Gasteiger partial charge in [-0.2, -0.15) is 0 Å². The van der Waals surface area contributed by atoms with E-state index in [2.05, 4.69) is 0 Å². The monoisotopic (exact) mass is 236 g/mol. The number of amides is 1. The highest BCUT2D eigenvalue weighted by Gasteiger charge is 2.29. The maximum Gasteiger partial charge on any atom is 0.251 e. The Kier molecular flexibility index (Phi) is 6.89. The largest absolute Gasteiger partial charge is 0.372 e. The second kappa shape index (κ2) is 7.04. The molecule has 1 fully saturated rings. The number of rotatable bonds is 4. The van der Waals surface area contributed by atoms with Crippen molar-refractivity contribution in [3.63, 3.8) is 0 Å². The van der Waals surface area contributed by atoms with Crippen LogP contribution in [-0.2, 0) is 9.53 Å². The van der Waals surface area contributed by atoms with E-state index in [1.807, 2.05) is 11.8 Å². The van der Waals surface area contributed by atoms with Crippen LogP contribution in [0, 0.1) is 5.92 Å². The van der Waals surface area contributed by atoms with Crippen LogP contribution < -0.4 is 5.73 Å². The predicted molar refractivity (Wildman–Crippen MR) is 62.1 cm³/mol. The van der Waals surface area contributed by atoms with Crippen LogP contribution in [0.4, 0.5) is 0 Å². The zero-order valence-corrected chi connectivity index (χ0v) is 10.3. The van der Waals surface area contributed by atoms with Crippen molar-refractivity contribution in [2.24, 2.45) is 11.7 Å². The van der Waals surface area contributed by atoms with Crippen LogP contribution in [0.5, 0.6) is 0 Å². The molecule has 0 saturated carbocycles. The van der Waals surface area contributed by atoms with Gasteiger partial charge in [0.15, 0.2) is 0 Å². The molecule has 1 aliphatic heterocycles. The molecule has 15 heavy (non-hydrogen) atoms. The van der Waals surface area contributed by atoms with Crippen LogP contribution in [0.3, 0.4) is 0 Å². The fourth-order valence-electron chi connectivity index (χ4n) is 1.87. The molecule has 0 aliphatic carbocycles. The van der Waals surface area contributed by atoms with E-state index in [0.717, 1.165) is 25.9 Å². The van der Waals surface area contributed by atoms with Crippen molar-refractivity contribution in [1.82, 2.24) is 4.90 Å². The minimum atomic E-state index is -0.272. The molecule has 1 heterocycles. The van der Waals surface area contributed by atoms with Crippen LogP contribution in [0.15, 0.2) is 0 Å². The topological polar surface area (TPSA) is 55.6 Å². The molecule has 0 aromatic carbocycles. The van der Waals surface area contributed by atoms with E-state index >= 15 is 0 Å². The van der Waals surface area contributed by atoms with E-state index in [0.29, 0.717) is 12.5 Å². The van der Waals surface area contributed by atoms with E-state index in [9.17, 15) is 4.79 Å². The number of ether oxygens (including phenoxy) is 1. The predicted octanol–water partition coefficient (Wildman–Crippen LogP) is 0.640.